The molecule has 2 aromatic rings. The van der Waals surface area contributed by atoms with Gasteiger partial charge in [-0.25, -0.2) is 0 Å². The highest BCUT2D eigenvalue weighted by Gasteiger charge is 2.18. The molecule has 2 rings (SSSR count). The summed E-state index contributed by atoms with van der Waals surface area (Å²) in [5.41, 5.74) is 1.04. The summed E-state index contributed by atoms with van der Waals surface area (Å²) in [6, 6.07) is 2.41. The van der Waals surface area contributed by atoms with Crippen LogP contribution >= 0.6 is 38.8 Å². The average molecular weight is 332 g/mol. The second kappa shape index (κ2) is 6.04. The number of hydrogen-bond donors (Lipinski definition) is 1. The van der Waals surface area contributed by atoms with Crippen molar-refractivity contribution in [2.75, 3.05) is 6.54 Å². The van der Waals surface area contributed by atoms with E-state index in [2.05, 4.69) is 49.2 Å². The van der Waals surface area contributed by atoms with Crippen molar-refractivity contribution < 1.29 is 0 Å². The quantitative estimate of drug-likeness (QED) is 0.910. The van der Waals surface area contributed by atoms with E-state index < -0.39 is 0 Å². The first-order valence-electron chi connectivity index (χ1n) is 5.46. The van der Waals surface area contributed by atoms with E-state index in [0.717, 1.165) is 18.7 Å². The zero-order chi connectivity index (χ0) is 12.3. The van der Waals surface area contributed by atoms with Crippen LogP contribution in [0.3, 0.4) is 0 Å². The monoisotopic (exact) mass is 331 g/mol. The minimum atomic E-state index is 0.315. The van der Waals surface area contributed by atoms with E-state index in [1.165, 1.54) is 25.8 Å². The van der Waals surface area contributed by atoms with Gasteiger partial charge in [0.15, 0.2) is 0 Å². The van der Waals surface area contributed by atoms with Gasteiger partial charge < -0.3 is 5.32 Å². The van der Waals surface area contributed by atoms with Gasteiger partial charge in [-0.15, -0.1) is 16.4 Å². The summed E-state index contributed by atoms with van der Waals surface area (Å²) in [5.74, 6) is 0. The van der Waals surface area contributed by atoms with Crippen LogP contribution in [0, 0.1) is 6.92 Å². The van der Waals surface area contributed by atoms with E-state index in [0.29, 0.717) is 6.04 Å². The zero-order valence-electron chi connectivity index (χ0n) is 9.74. The molecular formula is C11H14BrN3S2. The van der Waals surface area contributed by atoms with E-state index in [4.69, 9.17) is 0 Å². The number of thiophene rings is 1. The average Bonchev–Trinajstić information content (AvgIpc) is 2.88. The van der Waals surface area contributed by atoms with Crippen molar-refractivity contribution in [1.29, 1.82) is 0 Å². The van der Waals surface area contributed by atoms with Gasteiger partial charge in [-0.2, -0.15) is 0 Å². The van der Waals surface area contributed by atoms with Gasteiger partial charge in [-0.05, 0) is 52.4 Å². The Morgan fingerprint density at radius 2 is 2.35 bits per heavy atom. The van der Waals surface area contributed by atoms with Crippen LogP contribution in [0.1, 0.15) is 28.4 Å². The number of aryl methyl sites for hydroxylation is 1. The summed E-state index contributed by atoms with van der Waals surface area (Å²) in [6.07, 6.45) is 0.983. The third kappa shape index (κ3) is 3.13. The summed E-state index contributed by atoms with van der Waals surface area (Å²) in [6.45, 7) is 5.10. The molecule has 0 saturated carbocycles. The predicted octanol–water partition coefficient (Wildman–Crippen LogP) is 3.56. The molecule has 2 heterocycles. The standard InChI is InChI=1S/C11H14BrN3S2/c1-3-13-9(11-7(2)14-15-17-11)6-10-8(12)4-5-16-10/h4-5,9,13H,3,6H2,1-2H3. The SMILES string of the molecule is CCNC(Cc1sccc1Br)c1snnc1C. The van der Waals surface area contributed by atoms with Crippen LogP contribution in [0.2, 0.25) is 0 Å². The van der Waals surface area contributed by atoms with Gasteiger partial charge in [0.05, 0.1) is 10.6 Å². The summed E-state index contributed by atoms with van der Waals surface area (Å²) in [5, 5.41) is 9.71. The highest BCUT2D eigenvalue weighted by atomic mass is 79.9. The third-order valence-electron chi connectivity index (χ3n) is 2.53. The molecule has 6 heteroatoms. The van der Waals surface area contributed by atoms with Crippen LogP contribution < -0.4 is 5.32 Å². The van der Waals surface area contributed by atoms with E-state index in [-0.39, 0.29) is 0 Å². The van der Waals surface area contributed by atoms with Crippen LogP contribution in [-0.2, 0) is 6.42 Å². The fourth-order valence-electron chi connectivity index (χ4n) is 1.72. The molecule has 1 N–H and O–H groups in total. The summed E-state index contributed by atoms with van der Waals surface area (Å²) in [4.78, 5) is 2.61. The van der Waals surface area contributed by atoms with Crippen molar-refractivity contribution in [2.45, 2.75) is 26.3 Å². The highest BCUT2D eigenvalue weighted by molar-refractivity contribution is 9.10. The van der Waals surface area contributed by atoms with Crippen molar-refractivity contribution in [3.63, 3.8) is 0 Å². The lowest BCUT2D eigenvalue weighted by Crippen LogP contribution is -2.22. The minimum Gasteiger partial charge on any atom is -0.309 e. The van der Waals surface area contributed by atoms with Crippen LogP contribution in [-0.4, -0.2) is 16.1 Å². The fourth-order valence-corrected chi connectivity index (χ4v) is 4.00. The molecule has 0 amide bonds. The largest absolute Gasteiger partial charge is 0.309 e. The Labute approximate surface area is 118 Å². The maximum atomic E-state index is 4.09. The molecule has 2 aromatic heterocycles. The van der Waals surface area contributed by atoms with Gasteiger partial charge in [-0.1, -0.05) is 11.4 Å². The first-order chi connectivity index (χ1) is 8.22. The molecule has 0 aromatic carbocycles. The van der Waals surface area contributed by atoms with Crippen LogP contribution in [0.25, 0.3) is 0 Å². The topological polar surface area (TPSA) is 37.8 Å². The number of nitrogens with zero attached hydrogens (tertiary/aromatic N) is 2. The first-order valence-corrected chi connectivity index (χ1v) is 7.91. The Hall–Kier alpha value is -0.300. The summed E-state index contributed by atoms with van der Waals surface area (Å²) < 4.78 is 5.21. The maximum Gasteiger partial charge on any atom is 0.0772 e. The Morgan fingerprint density at radius 3 is 2.88 bits per heavy atom. The molecule has 92 valence electrons. The van der Waals surface area contributed by atoms with Crippen LogP contribution in [0.15, 0.2) is 15.9 Å². The summed E-state index contributed by atoms with van der Waals surface area (Å²) in [7, 11) is 0. The van der Waals surface area contributed by atoms with Gasteiger partial charge >= 0.3 is 0 Å². The molecule has 0 fully saturated rings. The van der Waals surface area contributed by atoms with Crippen molar-refractivity contribution >= 4 is 38.8 Å². The lowest BCUT2D eigenvalue weighted by molar-refractivity contribution is 0.557. The minimum absolute atomic E-state index is 0.315. The van der Waals surface area contributed by atoms with Gasteiger partial charge in [0, 0.05) is 21.8 Å². The Bertz CT molecular complexity index is 481. The zero-order valence-corrected chi connectivity index (χ0v) is 13.0. The van der Waals surface area contributed by atoms with E-state index in [1.807, 2.05) is 6.92 Å². The van der Waals surface area contributed by atoms with Gasteiger partial charge in [0.25, 0.3) is 0 Å². The molecule has 1 atom stereocenters. The number of halogens is 1. The number of likely N-dealkylation sites (N-methyl/N-ethyl adjacent to an activating group) is 1. The highest BCUT2D eigenvalue weighted by Crippen LogP contribution is 2.30. The fraction of sp³-hybridized carbons (Fsp3) is 0.455. The second-order valence-electron chi connectivity index (χ2n) is 3.73. The lowest BCUT2D eigenvalue weighted by Gasteiger charge is -2.15. The number of aromatic nitrogens is 2. The molecule has 0 radical (unpaired) electrons. The Balaban J connectivity index is 2.19. The molecule has 3 nitrogen and oxygen atoms in total. The van der Waals surface area contributed by atoms with E-state index >= 15 is 0 Å². The third-order valence-corrected chi connectivity index (χ3v) is 5.42. The smallest absolute Gasteiger partial charge is 0.0772 e. The Morgan fingerprint density at radius 1 is 1.53 bits per heavy atom. The molecule has 0 saturated heterocycles. The molecule has 0 aliphatic carbocycles. The molecule has 1 unspecified atom stereocenters. The van der Waals surface area contributed by atoms with E-state index in [1.54, 1.807) is 11.3 Å². The van der Waals surface area contributed by atoms with Crippen molar-refractivity contribution in [3.8, 4) is 0 Å². The number of rotatable bonds is 5. The predicted molar refractivity (Wildman–Crippen MR) is 76.8 cm³/mol. The normalized spacial score (nSPS) is 12.9. The molecule has 17 heavy (non-hydrogen) atoms. The molecule has 0 bridgehead atoms. The molecular weight excluding hydrogens is 318 g/mol. The second-order valence-corrected chi connectivity index (χ2v) is 6.37. The molecule has 0 spiro atoms. The van der Waals surface area contributed by atoms with Gasteiger partial charge in [-0.3, -0.25) is 0 Å². The van der Waals surface area contributed by atoms with Crippen molar-refractivity contribution in [1.82, 2.24) is 14.9 Å². The lowest BCUT2D eigenvalue weighted by atomic mass is 10.1. The summed E-state index contributed by atoms with van der Waals surface area (Å²) >= 11 is 6.86. The Kier molecular flexibility index (Phi) is 4.67. The molecule has 0 aliphatic rings. The van der Waals surface area contributed by atoms with Crippen molar-refractivity contribution in [2.24, 2.45) is 0 Å². The van der Waals surface area contributed by atoms with Gasteiger partial charge in [0.1, 0.15) is 0 Å². The van der Waals surface area contributed by atoms with Crippen LogP contribution in [0.5, 0.6) is 0 Å². The van der Waals surface area contributed by atoms with Gasteiger partial charge in [0.2, 0.25) is 0 Å². The number of nitrogens with one attached hydrogen (secondary N) is 1. The van der Waals surface area contributed by atoms with Crippen molar-refractivity contribution in [3.05, 3.63) is 31.4 Å². The molecule has 0 aliphatic heterocycles. The maximum absolute atomic E-state index is 4.09. The van der Waals surface area contributed by atoms with Crippen LogP contribution in [0.4, 0.5) is 0 Å². The van der Waals surface area contributed by atoms with E-state index in [9.17, 15) is 0 Å². The number of hydrogen-bond acceptors (Lipinski definition) is 5. The first kappa shape index (κ1) is 13.1.